The van der Waals surface area contributed by atoms with Gasteiger partial charge in [0.25, 0.3) is 0 Å². The van der Waals surface area contributed by atoms with E-state index >= 15 is 0 Å². The number of nitrogens with zero attached hydrogens (tertiary/aromatic N) is 1. The van der Waals surface area contributed by atoms with Gasteiger partial charge >= 0.3 is 5.97 Å². The fourth-order valence-electron chi connectivity index (χ4n) is 5.70. The van der Waals surface area contributed by atoms with E-state index in [1.165, 1.54) is 33.4 Å². The van der Waals surface area contributed by atoms with Gasteiger partial charge in [0.1, 0.15) is 6.10 Å². The minimum Gasteiger partial charge on any atom is -0.456 e. The molecular formula is C39H47NO4. The van der Waals surface area contributed by atoms with Gasteiger partial charge < -0.3 is 14.6 Å². The van der Waals surface area contributed by atoms with E-state index in [-0.39, 0.29) is 12.6 Å². The summed E-state index contributed by atoms with van der Waals surface area (Å²) in [4.78, 5) is 16.0. The summed E-state index contributed by atoms with van der Waals surface area (Å²) < 4.78 is 12.1. The Bertz CT molecular complexity index is 1460. The Kier molecular flexibility index (Phi) is 11.9. The summed E-state index contributed by atoms with van der Waals surface area (Å²) in [6, 6.07) is 32.4. The molecule has 0 aliphatic rings. The predicted molar refractivity (Wildman–Crippen MR) is 177 cm³/mol. The normalized spacial score (nSPS) is 14.2. The molecule has 4 aromatic carbocycles. The van der Waals surface area contributed by atoms with Crippen LogP contribution in [0, 0.1) is 33.6 Å². The van der Waals surface area contributed by atoms with Crippen LogP contribution in [0.25, 0.3) is 0 Å². The molecule has 0 aliphatic carbocycles. The van der Waals surface area contributed by atoms with Crippen molar-refractivity contribution in [3.8, 4) is 0 Å². The quantitative estimate of drug-likeness (QED) is 0.151. The summed E-state index contributed by atoms with van der Waals surface area (Å²) in [5.74, 6) is -1.20. The molecule has 0 radical (unpaired) electrons. The van der Waals surface area contributed by atoms with Crippen LogP contribution in [0.4, 0.5) is 0 Å². The first kappa shape index (κ1) is 33.1. The molecule has 5 nitrogen and oxygen atoms in total. The second kappa shape index (κ2) is 15.8. The van der Waals surface area contributed by atoms with Crippen LogP contribution in [-0.2, 0) is 34.0 Å². The zero-order chi connectivity index (χ0) is 31.6. The second-order valence-electron chi connectivity index (χ2n) is 12.1. The maximum atomic E-state index is 13.6. The molecule has 5 heteroatoms. The number of hydrogen-bond donors (Lipinski definition) is 1. The molecule has 4 rings (SSSR count). The molecule has 232 valence electrons. The molecule has 44 heavy (non-hydrogen) atoms. The Hall–Kier alpha value is -3.77. The molecule has 0 spiro atoms. The van der Waals surface area contributed by atoms with Crippen LogP contribution in [-0.4, -0.2) is 34.7 Å². The van der Waals surface area contributed by atoms with Gasteiger partial charge in [-0.2, -0.15) is 0 Å². The van der Waals surface area contributed by atoms with Gasteiger partial charge in [-0.3, -0.25) is 9.69 Å². The molecule has 4 aromatic rings. The number of aryl methyl sites for hydroxylation is 4. The van der Waals surface area contributed by atoms with E-state index in [2.05, 4.69) is 75.9 Å². The first-order valence-electron chi connectivity index (χ1n) is 15.5. The highest BCUT2D eigenvalue weighted by Crippen LogP contribution is 2.31. The Morgan fingerprint density at radius 1 is 0.773 bits per heavy atom. The third kappa shape index (κ3) is 8.88. The molecule has 0 aliphatic heterocycles. The van der Waals surface area contributed by atoms with Gasteiger partial charge in [0.2, 0.25) is 0 Å². The van der Waals surface area contributed by atoms with E-state index in [0.29, 0.717) is 19.7 Å². The zero-order valence-electron chi connectivity index (χ0n) is 27.0. The lowest BCUT2D eigenvalue weighted by Crippen LogP contribution is -2.40. The van der Waals surface area contributed by atoms with Crippen molar-refractivity contribution < 1.29 is 19.4 Å². The van der Waals surface area contributed by atoms with Crippen molar-refractivity contribution in [2.45, 2.75) is 79.5 Å². The molecule has 0 heterocycles. The Morgan fingerprint density at radius 2 is 1.36 bits per heavy atom. The van der Waals surface area contributed by atoms with E-state index in [1.54, 1.807) is 6.92 Å². The van der Waals surface area contributed by atoms with Crippen molar-refractivity contribution in [1.82, 2.24) is 4.90 Å². The highest BCUT2D eigenvalue weighted by molar-refractivity contribution is 5.73. The molecule has 2 unspecified atom stereocenters. The van der Waals surface area contributed by atoms with Gasteiger partial charge in [-0.1, -0.05) is 103 Å². The maximum Gasteiger partial charge on any atom is 0.312 e. The fourth-order valence-corrected chi connectivity index (χ4v) is 5.70. The smallest absolute Gasteiger partial charge is 0.312 e. The number of carbonyl (C=O) groups is 1. The van der Waals surface area contributed by atoms with Crippen LogP contribution in [0.5, 0.6) is 0 Å². The third-order valence-corrected chi connectivity index (χ3v) is 8.57. The summed E-state index contributed by atoms with van der Waals surface area (Å²) in [7, 11) is 0. The van der Waals surface area contributed by atoms with Crippen molar-refractivity contribution in [3.63, 3.8) is 0 Å². The zero-order valence-corrected chi connectivity index (χ0v) is 27.0. The Morgan fingerprint density at radius 3 is 2.00 bits per heavy atom. The van der Waals surface area contributed by atoms with Crippen molar-refractivity contribution in [1.29, 1.82) is 0 Å². The fraction of sp³-hybridized carbons (Fsp3) is 0.359. The summed E-state index contributed by atoms with van der Waals surface area (Å²) in [5.41, 5.74) is 9.44. The number of aliphatic hydroxyl groups is 1. The number of esters is 1. The van der Waals surface area contributed by atoms with Gasteiger partial charge in [0.15, 0.2) is 0 Å². The lowest BCUT2D eigenvalue weighted by atomic mass is 9.96. The predicted octanol–water partition coefficient (Wildman–Crippen LogP) is 7.81. The average Bonchev–Trinajstić information content (AvgIpc) is 3.02. The van der Waals surface area contributed by atoms with Crippen molar-refractivity contribution in [3.05, 3.63) is 142 Å². The number of hydrogen-bond acceptors (Lipinski definition) is 5. The summed E-state index contributed by atoms with van der Waals surface area (Å²) in [6.07, 6.45) is -1.53. The third-order valence-electron chi connectivity index (χ3n) is 8.57. The topological polar surface area (TPSA) is 59.0 Å². The lowest BCUT2D eigenvalue weighted by Gasteiger charge is -2.36. The second-order valence-corrected chi connectivity index (χ2v) is 12.1. The molecule has 1 N–H and O–H groups in total. The molecule has 0 bridgehead atoms. The molecule has 0 fully saturated rings. The number of ether oxygens (including phenoxy) is 2. The molecular weight excluding hydrogens is 546 g/mol. The highest BCUT2D eigenvalue weighted by Gasteiger charge is 2.33. The molecule has 0 amide bonds. The van der Waals surface area contributed by atoms with E-state index in [0.717, 1.165) is 11.1 Å². The van der Waals surface area contributed by atoms with Gasteiger partial charge in [0.05, 0.1) is 25.2 Å². The van der Waals surface area contributed by atoms with Gasteiger partial charge in [0, 0.05) is 19.1 Å². The molecule has 4 atom stereocenters. The maximum absolute atomic E-state index is 13.6. The van der Waals surface area contributed by atoms with E-state index in [4.69, 9.17) is 9.47 Å². The largest absolute Gasteiger partial charge is 0.456 e. The summed E-state index contributed by atoms with van der Waals surface area (Å²) >= 11 is 0. The Balaban J connectivity index is 1.57. The molecule has 0 saturated carbocycles. The molecule has 0 aromatic heterocycles. The van der Waals surface area contributed by atoms with E-state index < -0.39 is 24.1 Å². The van der Waals surface area contributed by atoms with Crippen LogP contribution >= 0.6 is 0 Å². The van der Waals surface area contributed by atoms with Crippen LogP contribution in [0.2, 0.25) is 0 Å². The van der Waals surface area contributed by atoms with Crippen molar-refractivity contribution in [2.24, 2.45) is 5.92 Å². The number of carbonyl (C=O) groups excluding carboxylic acids is 1. The van der Waals surface area contributed by atoms with Crippen LogP contribution in [0.3, 0.4) is 0 Å². The van der Waals surface area contributed by atoms with E-state index in [1.807, 2.05) is 60.7 Å². The number of benzene rings is 4. The summed E-state index contributed by atoms with van der Waals surface area (Å²) in [5, 5.41) is 10.9. The standard InChI is InChI=1S/C39H47NO4/c1-27-21-29(3)36(30(4)22-27)24-40(23-35-20-14-13-15-28(35)2)32(6)38(34-18-11-8-12-19-34)44-39(42)31(5)37(41)26-43-25-33-16-9-7-10-17-33/h7-22,31-32,37-38,41H,23-26H2,1-6H3/t31?,32-,37?,38-/m0/s1. The van der Waals surface area contributed by atoms with Gasteiger partial charge in [-0.15, -0.1) is 0 Å². The van der Waals surface area contributed by atoms with Crippen molar-refractivity contribution >= 4 is 5.97 Å². The van der Waals surface area contributed by atoms with E-state index in [9.17, 15) is 9.90 Å². The molecule has 0 saturated heterocycles. The number of aliphatic hydroxyl groups excluding tert-OH is 1. The van der Waals surface area contributed by atoms with Crippen molar-refractivity contribution in [2.75, 3.05) is 6.61 Å². The highest BCUT2D eigenvalue weighted by atomic mass is 16.5. The van der Waals surface area contributed by atoms with Gasteiger partial charge in [-0.05, 0) is 80.5 Å². The Labute approximate surface area is 263 Å². The van der Waals surface area contributed by atoms with Crippen LogP contribution < -0.4 is 0 Å². The minimum atomic E-state index is -0.987. The lowest BCUT2D eigenvalue weighted by molar-refractivity contribution is -0.163. The van der Waals surface area contributed by atoms with Gasteiger partial charge in [-0.25, -0.2) is 0 Å². The first-order chi connectivity index (χ1) is 21.1. The minimum absolute atomic E-state index is 0.0438. The number of rotatable bonds is 14. The van der Waals surface area contributed by atoms with Crippen LogP contribution in [0.15, 0.2) is 97.1 Å². The average molecular weight is 594 g/mol. The summed E-state index contributed by atoms with van der Waals surface area (Å²) in [6.45, 7) is 14.3. The monoisotopic (exact) mass is 593 g/mol. The van der Waals surface area contributed by atoms with Crippen LogP contribution in [0.1, 0.15) is 64.5 Å². The SMILES string of the molecule is Cc1cc(C)c(CN(Cc2ccccc2C)[C@@H](C)[C@H](OC(=O)C(C)C(O)COCc2ccccc2)c2ccccc2)c(C)c1. The first-order valence-corrected chi connectivity index (χ1v) is 15.5.